The number of rotatable bonds is 5. The van der Waals surface area contributed by atoms with Crippen molar-refractivity contribution in [2.45, 2.75) is 45.8 Å². The Balaban J connectivity index is 1.52. The molecule has 188 valence electrons. The van der Waals surface area contributed by atoms with Gasteiger partial charge in [-0.2, -0.15) is 0 Å². The van der Waals surface area contributed by atoms with Crippen molar-refractivity contribution in [3.63, 3.8) is 0 Å². The summed E-state index contributed by atoms with van der Waals surface area (Å²) in [6.07, 6.45) is 2.79. The van der Waals surface area contributed by atoms with Crippen LogP contribution in [0, 0.1) is 6.92 Å². The molecule has 0 unspecified atom stereocenters. The van der Waals surface area contributed by atoms with Crippen LogP contribution in [0.4, 0.5) is 0 Å². The molecule has 3 aromatic carbocycles. The average molecular weight is 486 g/mol. The molecule has 6 heteroatoms. The Bertz CT molecular complexity index is 1150. The Labute approximate surface area is 213 Å². The van der Waals surface area contributed by atoms with Crippen molar-refractivity contribution in [1.82, 2.24) is 15.5 Å². The fraction of sp³-hybridized carbons (Fsp3) is 0.333. The van der Waals surface area contributed by atoms with Crippen LogP contribution in [-0.4, -0.2) is 36.4 Å². The molecule has 0 aromatic heterocycles. The zero-order valence-electron chi connectivity index (χ0n) is 21.0. The van der Waals surface area contributed by atoms with Crippen molar-refractivity contribution >= 4 is 11.8 Å². The van der Waals surface area contributed by atoms with Crippen molar-refractivity contribution in [3.8, 4) is 5.75 Å². The summed E-state index contributed by atoms with van der Waals surface area (Å²) in [7, 11) is 0. The number of ether oxygens (including phenoxy) is 1. The quantitative estimate of drug-likeness (QED) is 0.554. The second kappa shape index (κ2) is 12.9. The van der Waals surface area contributed by atoms with Gasteiger partial charge in [0.2, 0.25) is 5.91 Å². The summed E-state index contributed by atoms with van der Waals surface area (Å²) in [5.41, 5.74) is 4.92. The lowest BCUT2D eigenvalue weighted by Gasteiger charge is -2.23. The van der Waals surface area contributed by atoms with Crippen LogP contribution in [0.3, 0.4) is 0 Å². The molecule has 4 rings (SSSR count). The molecule has 0 bridgehead atoms. The molecule has 0 saturated carbocycles. The number of fused-ring (bicyclic) bond motifs is 1. The molecule has 36 heavy (non-hydrogen) atoms. The van der Waals surface area contributed by atoms with E-state index in [0.29, 0.717) is 50.6 Å². The smallest absolute Gasteiger partial charge is 0.251 e. The van der Waals surface area contributed by atoms with E-state index in [2.05, 4.69) is 27.7 Å². The number of nitrogens with zero attached hydrogens (tertiary/aromatic N) is 1. The molecule has 0 saturated heterocycles. The number of hydrogen-bond acceptors (Lipinski definition) is 4. The SMILES string of the molecule is Cc1ccc(CNC(=O)c2ccc3c(c2)OCCCCCNC(=O)CN(Cc2ccccc2)C3)cc1. The van der Waals surface area contributed by atoms with E-state index in [-0.39, 0.29) is 11.8 Å². The topological polar surface area (TPSA) is 70.7 Å². The van der Waals surface area contributed by atoms with Crippen LogP contribution in [-0.2, 0) is 24.4 Å². The van der Waals surface area contributed by atoms with Crippen LogP contribution in [0.15, 0.2) is 72.8 Å². The normalized spacial score (nSPS) is 15.3. The summed E-state index contributed by atoms with van der Waals surface area (Å²) in [6.45, 7) is 5.26. The number of amides is 2. The first-order valence-electron chi connectivity index (χ1n) is 12.7. The second-order valence-electron chi connectivity index (χ2n) is 9.38. The highest BCUT2D eigenvalue weighted by Crippen LogP contribution is 2.24. The molecular weight excluding hydrogens is 450 g/mol. The monoisotopic (exact) mass is 485 g/mol. The minimum Gasteiger partial charge on any atom is -0.493 e. The summed E-state index contributed by atoms with van der Waals surface area (Å²) in [6, 6.07) is 23.9. The molecule has 1 aliphatic rings. The van der Waals surface area contributed by atoms with E-state index >= 15 is 0 Å². The number of aryl methyl sites for hydroxylation is 1. The molecule has 0 fully saturated rings. The Kier molecular flexibility index (Phi) is 9.11. The Morgan fingerprint density at radius 2 is 1.75 bits per heavy atom. The first-order chi connectivity index (χ1) is 17.6. The Hall–Kier alpha value is -3.64. The number of carbonyl (C=O) groups excluding carboxylic acids is 2. The largest absolute Gasteiger partial charge is 0.493 e. The third-order valence-electron chi connectivity index (χ3n) is 6.31. The molecule has 0 atom stereocenters. The molecule has 1 heterocycles. The Morgan fingerprint density at radius 1 is 0.944 bits per heavy atom. The maximum absolute atomic E-state index is 12.9. The highest BCUT2D eigenvalue weighted by Gasteiger charge is 2.17. The van der Waals surface area contributed by atoms with Crippen LogP contribution in [0.5, 0.6) is 5.75 Å². The van der Waals surface area contributed by atoms with Crippen molar-refractivity contribution in [2.75, 3.05) is 19.7 Å². The van der Waals surface area contributed by atoms with Crippen molar-refractivity contribution in [2.24, 2.45) is 0 Å². The molecule has 6 nitrogen and oxygen atoms in total. The number of benzene rings is 3. The van der Waals surface area contributed by atoms with E-state index in [9.17, 15) is 9.59 Å². The van der Waals surface area contributed by atoms with Crippen molar-refractivity contribution in [1.29, 1.82) is 0 Å². The minimum atomic E-state index is -0.134. The minimum absolute atomic E-state index is 0.0275. The molecule has 0 radical (unpaired) electrons. The summed E-state index contributed by atoms with van der Waals surface area (Å²) in [4.78, 5) is 27.6. The van der Waals surface area contributed by atoms with Gasteiger partial charge in [0.25, 0.3) is 5.91 Å². The van der Waals surface area contributed by atoms with Gasteiger partial charge >= 0.3 is 0 Å². The van der Waals surface area contributed by atoms with Gasteiger partial charge < -0.3 is 15.4 Å². The zero-order chi connectivity index (χ0) is 25.2. The van der Waals surface area contributed by atoms with E-state index in [1.165, 1.54) is 5.56 Å². The van der Waals surface area contributed by atoms with Gasteiger partial charge in [-0.15, -0.1) is 0 Å². The molecule has 2 amide bonds. The summed E-state index contributed by atoms with van der Waals surface area (Å²) >= 11 is 0. The van der Waals surface area contributed by atoms with E-state index in [4.69, 9.17) is 4.74 Å². The molecule has 0 aliphatic carbocycles. The molecular formula is C30H35N3O3. The van der Waals surface area contributed by atoms with E-state index in [1.54, 1.807) is 0 Å². The predicted molar refractivity (Wildman–Crippen MR) is 142 cm³/mol. The van der Waals surface area contributed by atoms with E-state index in [1.807, 2.05) is 67.6 Å². The lowest BCUT2D eigenvalue weighted by molar-refractivity contribution is -0.122. The van der Waals surface area contributed by atoms with Crippen LogP contribution in [0.2, 0.25) is 0 Å². The van der Waals surface area contributed by atoms with E-state index < -0.39 is 0 Å². The third-order valence-corrected chi connectivity index (χ3v) is 6.31. The molecule has 1 aliphatic heterocycles. The summed E-state index contributed by atoms with van der Waals surface area (Å²) in [5, 5.41) is 6.05. The van der Waals surface area contributed by atoms with Crippen LogP contribution in [0.25, 0.3) is 0 Å². The van der Waals surface area contributed by atoms with E-state index in [0.717, 1.165) is 36.0 Å². The van der Waals surface area contributed by atoms with Gasteiger partial charge in [0.15, 0.2) is 0 Å². The van der Waals surface area contributed by atoms with Crippen molar-refractivity contribution < 1.29 is 14.3 Å². The number of hydrogen-bond donors (Lipinski definition) is 2. The lowest BCUT2D eigenvalue weighted by atomic mass is 10.1. The Morgan fingerprint density at radius 3 is 2.56 bits per heavy atom. The molecule has 0 spiro atoms. The summed E-state index contributed by atoms with van der Waals surface area (Å²) in [5.74, 6) is 0.598. The fourth-order valence-electron chi connectivity index (χ4n) is 4.27. The fourth-order valence-corrected chi connectivity index (χ4v) is 4.27. The van der Waals surface area contributed by atoms with Gasteiger partial charge in [-0.1, -0.05) is 66.2 Å². The third kappa shape index (κ3) is 7.68. The summed E-state index contributed by atoms with van der Waals surface area (Å²) < 4.78 is 6.18. The first-order valence-corrected chi connectivity index (χ1v) is 12.7. The molecule has 2 N–H and O–H groups in total. The first kappa shape index (κ1) is 25.5. The van der Waals surface area contributed by atoms with Gasteiger partial charge in [0, 0.05) is 37.3 Å². The van der Waals surface area contributed by atoms with Gasteiger partial charge in [-0.25, -0.2) is 0 Å². The predicted octanol–water partition coefficient (Wildman–Crippen LogP) is 4.61. The standard InChI is InChI=1S/C30H35N3O3/c1-23-10-12-24(13-11-23)19-32-30(35)26-14-15-27-21-33(20-25-8-4-2-5-9-25)22-29(34)31-16-6-3-7-17-36-28(27)18-26/h2,4-5,8-15,18H,3,6-7,16-17,19-22H2,1H3,(H,31,34)(H,32,35). The van der Waals surface area contributed by atoms with Crippen molar-refractivity contribution in [3.05, 3.63) is 101 Å². The lowest BCUT2D eigenvalue weighted by Crippen LogP contribution is -2.37. The number of carbonyl (C=O) groups is 2. The highest BCUT2D eigenvalue weighted by atomic mass is 16.5. The zero-order valence-corrected chi connectivity index (χ0v) is 21.0. The second-order valence-corrected chi connectivity index (χ2v) is 9.38. The van der Waals surface area contributed by atoms with Crippen LogP contribution < -0.4 is 15.4 Å². The highest BCUT2D eigenvalue weighted by molar-refractivity contribution is 5.94. The maximum Gasteiger partial charge on any atom is 0.251 e. The van der Waals surface area contributed by atoms with Gasteiger partial charge in [-0.05, 0) is 49.4 Å². The van der Waals surface area contributed by atoms with Gasteiger partial charge in [0.1, 0.15) is 5.75 Å². The van der Waals surface area contributed by atoms with Crippen LogP contribution in [0.1, 0.15) is 51.9 Å². The molecule has 3 aromatic rings. The van der Waals surface area contributed by atoms with Crippen LogP contribution >= 0.6 is 0 Å². The van der Waals surface area contributed by atoms with Gasteiger partial charge in [-0.3, -0.25) is 14.5 Å². The maximum atomic E-state index is 12.9. The number of nitrogens with one attached hydrogen (secondary N) is 2. The van der Waals surface area contributed by atoms with Gasteiger partial charge in [0.05, 0.1) is 13.2 Å². The average Bonchev–Trinajstić information content (AvgIpc) is 2.90.